The number of amides is 2. The Morgan fingerprint density at radius 3 is 2.70 bits per heavy atom. The van der Waals surface area contributed by atoms with Crippen LogP contribution < -0.4 is 15.5 Å². The molecule has 2 amide bonds. The van der Waals surface area contributed by atoms with E-state index in [0.717, 1.165) is 5.56 Å². The molecule has 0 aromatic heterocycles. The van der Waals surface area contributed by atoms with Crippen molar-refractivity contribution in [3.63, 3.8) is 0 Å². The monoisotopic (exact) mass is 409 g/mol. The topological polar surface area (TPSA) is 100 Å². The van der Waals surface area contributed by atoms with Crippen molar-refractivity contribution in [1.29, 1.82) is 0 Å². The van der Waals surface area contributed by atoms with Gasteiger partial charge in [-0.05, 0) is 43.0 Å². The standard InChI is InChI=1S/C23H27N3O4/c1-14(2)17-9-10-20(15(3)11-17)30-13-21(27)26-25-16(4)12-23(29)18-7-5-6-8-19(18)24-22(23)28/h5-11,14,29H,12-13H2,1-4H3,(H,24,28)(H,26,27). The van der Waals surface area contributed by atoms with Crippen LogP contribution in [-0.4, -0.2) is 29.2 Å². The molecule has 0 bridgehead atoms. The summed E-state index contributed by atoms with van der Waals surface area (Å²) in [6.45, 7) is 7.63. The molecule has 158 valence electrons. The highest BCUT2D eigenvalue weighted by atomic mass is 16.5. The average Bonchev–Trinajstić information content (AvgIpc) is 2.95. The highest BCUT2D eigenvalue weighted by Gasteiger charge is 2.45. The number of para-hydroxylation sites is 1. The van der Waals surface area contributed by atoms with Gasteiger partial charge in [-0.1, -0.05) is 44.2 Å². The van der Waals surface area contributed by atoms with Crippen LogP contribution >= 0.6 is 0 Å². The quantitative estimate of drug-likeness (QED) is 0.483. The summed E-state index contributed by atoms with van der Waals surface area (Å²) in [4.78, 5) is 24.4. The predicted octanol–water partition coefficient (Wildman–Crippen LogP) is 3.22. The van der Waals surface area contributed by atoms with Crippen molar-refractivity contribution >= 4 is 23.2 Å². The van der Waals surface area contributed by atoms with E-state index in [1.165, 1.54) is 5.56 Å². The van der Waals surface area contributed by atoms with Crippen molar-refractivity contribution in [3.8, 4) is 5.75 Å². The molecule has 3 rings (SSSR count). The number of aliphatic hydroxyl groups is 1. The number of hydrazone groups is 1. The number of hydrogen-bond acceptors (Lipinski definition) is 5. The van der Waals surface area contributed by atoms with Crippen molar-refractivity contribution in [2.75, 3.05) is 11.9 Å². The summed E-state index contributed by atoms with van der Waals surface area (Å²) in [5.74, 6) is 0.129. The second-order valence-corrected chi connectivity index (χ2v) is 7.89. The third-order valence-corrected chi connectivity index (χ3v) is 5.10. The molecule has 0 saturated carbocycles. The smallest absolute Gasteiger partial charge is 0.277 e. The third-order valence-electron chi connectivity index (χ3n) is 5.10. The van der Waals surface area contributed by atoms with Crippen LogP contribution in [0.4, 0.5) is 5.69 Å². The van der Waals surface area contributed by atoms with Crippen molar-refractivity contribution in [2.24, 2.45) is 5.10 Å². The number of rotatable bonds is 7. The van der Waals surface area contributed by atoms with Gasteiger partial charge in [-0.3, -0.25) is 9.59 Å². The van der Waals surface area contributed by atoms with Crippen molar-refractivity contribution in [3.05, 3.63) is 59.2 Å². The van der Waals surface area contributed by atoms with Gasteiger partial charge in [0.05, 0.1) is 0 Å². The molecule has 0 saturated heterocycles. The fourth-order valence-electron chi connectivity index (χ4n) is 3.41. The first kappa shape index (κ1) is 21.5. The zero-order chi connectivity index (χ0) is 21.9. The minimum Gasteiger partial charge on any atom is -0.483 e. The predicted molar refractivity (Wildman–Crippen MR) is 116 cm³/mol. The van der Waals surface area contributed by atoms with Gasteiger partial charge in [0, 0.05) is 23.4 Å². The Bertz CT molecular complexity index is 1000. The van der Waals surface area contributed by atoms with E-state index in [4.69, 9.17) is 4.74 Å². The number of carbonyl (C=O) groups is 2. The molecule has 2 aromatic carbocycles. The summed E-state index contributed by atoms with van der Waals surface area (Å²) in [6, 6.07) is 12.9. The van der Waals surface area contributed by atoms with E-state index in [1.54, 1.807) is 31.2 Å². The largest absolute Gasteiger partial charge is 0.483 e. The van der Waals surface area contributed by atoms with Crippen LogP contribution in [0.5, 0.6) is 5.75 Å². The molecule has 1 aliphatic heterocycles. The number of nitrogens with zero attached hydrogens (tertiary/aromatic N) is 1. The molecule has 1 atom stereocenters. The van der Waals surface area contributed by atoms with Gasteiger partial charge in [-0.2, -0.15) is 5.10 Å². The van der Waals surface area contributed by atoms with Gasteiger partial charge in [0.15, 0.2) is 12.2 Å². The number of benzene rings is 2. The lowest BCUT2D eigenvalue weighted by Gasteiger charge is -2.20. The van der Waals surface area contributed by atoms with Crippen molar-refractivity contribution in [1.82, 2.24) is 5.43 Å². The van der Waals surface area contributed by atoms with Crippen molar-refractivity contribution < 1.29 is 19.4 Å². The average molecular weight is 409 g/mol. The molecular weight excluding hydrogens is 382 g/mol. The minimum absolute atomic E-state index is 0.0350. The lowest BCUT2D eigenvalue weighted by molar-refractivity contribution is -0.132. The first-order valence-electron chi connectivity index (χ1n) is 9.89. The molecule has 1 unspecified atom stereocenters. The Hall–Kier alpha value is -3.19. The molecular formula is C23H27N3O4. The molecule has 0 spiro atoms. The van der Waals surface area contributed by atoms with Gasteiger partial charge < -0.3 is 15.2 Å². The van der Waals surface area contributed by atoms with Crippen molar-refractivity contribution in [2.45, 2.75) is 45.6 Å². The first-order chi connectivity index (χ1) is 14.2. The first-order valence-corrected chi connectivity index (χ1v) is 9.89. The highest BCUT2D eigenvalue weighted by Crippen LogP contribution is 2.38. The zero-order valence-corrected chi connectivity index (χ0v) is 17.7. The van der Waals surface area contributed by atoms with Crippen LogP contribution in [0.15, 0.2) is 47.6 Å². The van der Waals surface area contributed by atoms with Crippen LogP contribution in [0.3, 0.4) is 0 Å². The van der Waals surface area contributed by atoms with E-state index in [9.17, 15) is 14.7 Å². The number of aryl methyl sites for hydroxylation is 1. The van der Waals surface area contributed by atoms with Crippen LogP contribution in [0.2, 0.25) is 0 Å². The van der Waals surface area contributed by atoms with Crippen LogP contribution in [0.25, 0.3) is 0 Å². The van der Waals surface area contributed by atoms with Crippen LogP contribution in [0, 0.1) is 6.92 Å². The number of ether oxygens (including phenoxy) is 1. The van der Waals surface area contributed by atoms with Crippen LogP contribution in [0.1, 0.15) is 49.8 Å². The Morgan fingerprint density at radius 2 is 2.00 bits per heavy atom. The van der Waals surface area contributed by atoms with Gasteiger partial charge in [0.25, 0.3) is 11.8 Å². The van der Waals surface area contributed by atoms with E-state index < -0.39 is 17.4 Å². The molecule has 7 heteroatoms. The van der Waals surface area contributed by atoms with Gasteiger partial charge in [-0.15, -0.1) is 0 Å². The Balaban J connectivity index is 1.57. The molecule has 0 aliphatic carbocycles. The summed E-state index contributed by atoms with van der Waals surface area (Å²) in [6.07, 6.45) is -0.0350. The molecule has 1 heterocycles. The van der Waals surface area contributed by atoms with E-state index in [0.29, 0.717) is 28.6 Å². The fraction of sp³-hybridized carbons (Fsp3) is 0.348. The van der Waals surface area contributed by atoms with E-state index in [2.05, 4.69) is 29.7 Å². The highest BCUT2D eigenvalue weighted by molar-refractivity contribution is 6.07. The second-order valence-electron chi connectivity index (χ2n) is 7.89. The number of fused-ring (bicyclic) bond motifs is 1. The van der Waals surface area contributed by atoms with Gasteiger partial charge in [0.1, 0.15) is 5.75 Å². The molecule has 30 heavy (non-hydrogen) atoms. The minimum atomic E-state index is -1.71. The second kappa shape index (κ2) is 8.67. The lowest BCUT2D eigenvalue weighted by atomic mass is 9.90. The molecule has 0 fully saturated rings. The molecule has 1 aliphatic rings. The Kier molecular flexibility index (Phi) is 6.22. The van der Waals surface area contributed by atoms with Gasteiger partial charge in [0.2, 0.25) is 0 Å². The summed E-state index contributed by atoms with van der Waals surface area (Å²) in [5, 5.41) is 17.5. The number of carbonyl (C=O) groups excluding carboxylic acids is 2. The van der Waals surface area contributed by atoms with E-state index >= 15 is 0 Å². The lowest BCUT2D eigenvalue weighted by Crippen LogP contribution is -2.36. The summed E-state index contributed by atoms with van der Waals surface area (Å²) in [5.41, 5.74) is 4.36. The van der Waals surface area contributed by atoms with Crippen LogP contribution in [-0.2, 0) is 15.2 Å². The molecule has 3 N–H and O–H groups in total. The number of anilines is 1. The number of hydrogen-bond donors (Lipinski definition) is 3. The summed E-state index contributed by atoms with van der Waals surface area (Å²) < 4.78 is 5.59. The number of nitrogens with one attached hydrogen (secondary N) is 2. The van der Waals surface area contributed by atoms with E-state index in [1.807, 2.05) is 25.1 Å². The summed E-state index contributed by atoms with van der Waals surface area (Å²) in [7, 11) is 0. The fourth-order valence-corrected chi connectivity index (χ4v) is 3.41. The maximum Gasteiger partial charge on any atom is 0.277 e. The summed E-state index contributed by atoms with van der Waals surface area (Å²) >= 11 is 0. The zero-order valence-electron chi connectivity index (χ0n) is 17.7. The molecule has 0 radical (unpaired) electrons. The Morgan fingerprint density at radius 1 is 1.27 bits per heavy atom. The maximum absolute atomic E-state index is 12.3. The SMILES string of the molecule is CC(CC1(O)C(=O)Nc2ccccc21)=NNC(=O)COc1ccc(C(C)C)cc1C. The van der Waals surface area contributed by atoms with E-state index in [-0.39, 0.29) is 13.0 Å². The normalized spacial score (nSPS) is 18.2. The third kappa shape index (κ3) is 4.52. The molecule has 7 nitrogen and oxygen atoms in total. The molecule has 2 aromatic rings. The van der Waals surface area contributed by atoms with Gasteiger partial charge >= 0.3 is 0 Å². The maximum atomic E-state index is 12.3. The van der Waals surface area contributed by atoms with Gasteiger partial charge in [-0.25, -0.2) is 5.43 Å². The Labute approximate surface area is 176 Å².